The summed E-state index contributed by atoms with van der Waals surface area (Å²) in [5.41, 5.74) is 6.78. The van der Waals surface area contributed by atoms with Gasteiger partial charge in [-0.3, -0.25) is 0 Å². The van der Waals surface area contributed by atoms with Crippen LogP contribution in [0.15, 0.2) is 95.9 Å². The van der Waals surface area contributed by atoms with Gasteiger partial charge in [-0.05, 0) is 60.7 Å². The van der Waals surface area contributed by atoms with Crippen LogP contribution in [0.3, 0.4) is 0 Å². The number of aromatic amines is 1. The Bertz CT molecular complexity index is 1560. The zero-order valence-electron chi connectivity index (χ0n) is 16.8. The smallest absolute Gasteiger partial charge is 0.254 e. The Morgan fingerprint density at radius 3 is 2.42 bits per heavy atom. The third kappa shape index (κ3) is 2.85. The molecule has 3 aromatic carbocycles. The summed E-state index contributed by atoms with van der Waals surface area (Å²) < 4.78 is 10.9. The van der Waals surface area contributed by atoms with Crippen LogP contribution in [0, 0.1) is 0 Å². The number of nitrogens with zero attached hydrogens (tertiary/aromatic N) is 2. The summed E-state index contributed by atoms with van der Waals surface area (Å²) in [4.78, 5) is 3.66. The van der Waals surface area contributed by atoms with Gasteiger partial charge in [-0.25, -0.2) is 0 Å². The minimum absolute atomic E-state index is 0.844. The van der Waals surface area contributed by atoms with E-state index in [1.807, 2.05) is 12.1 Å². The van der Waals surface area contributed by atoms with Crippen LogP contribution >= 0.6 is 15.9 Å². The second-order valence-electron chi connectivity index (χ2n) is 7.57. The Kier molecular flexibility index (Phi) is 4.11. The van der Waals surface area contributed by atoms with Crippen molar-refractivity contribution in [2.75, 3.05) is 7.11 Å². The zero-order valence-corrected chi connectivity index (χ0v) is 18.4. The van der Waals surface area contributed by atoms with Gasteiger partial charge in [0.25, 0.3) is 6.33 Å². The fraction of sp³-hybridized carbons (Fsp3) is 0.0385. The minimum Gasteiger partial charge on any atom is -0.497 e. The van der Waals surface area contributed by atoms with Gasteiger partial charge in [-0.15, -0.1) is 0 Å². The molecule has 0 amide bonds. The lowest BCUT2D eigenvalue weighted by Crippen LogP contribution is -2.17. The predicted molar refractivity (Wildman–Crippen MR) is 128 cm³/mol. The van der Waals surface area contributed by atoms with E-state index >= 15 is 0 Å². The van der Waals surface area contributed by atoms with Crippen molar-refractivity contribution in [1.29, 1.82) is 0 Å². The lowest BCUT2D eigenvalue weighted by molar-refractivity contribution is -0.510. The van der Waals surface area contributed by atoms with Crippen molar-refractivity contribution in [3.63, 3.8) is 0 Å². The zero-order chi connectivity index (χ0) is 20.9. The van der Waals surface area contributed by atoms with Crippen molar-refractivity contribution in [1.82, 2.24) is 9.55 Å². The van der Waals surface area contributed by atoms with Crippen LogP contribution < -0.4 is 9.14 Å². The Morgan fingerprint density at radius 2 is 1.65 bits per heavy atom. The van der Waals surface area contributed by atoms with Crippen molar-refractivity contribution in [2.45, 2.75) is 0 Å². The van der Waals surface area contributed by atoms with E-state index in [0.29, 0.717) is 0 Å². The van der Waals surface area contributed by atoms with Crippen LogP contribution in [-0.4, -0.2) is 16.7 Å². The molecule has 0 aliphatic heterocycles. The number of para-hydroxylation sites is 1. The normalized spacial score (nSPS) is 11.5. The Balaban J connectivity index is 1.74. The lowest BCUT2D eigenvalue weighted by atomic mass is 10.1. The molecular weight excluding hydrogens is 450 g/mol. The summed E-state index contributed by atoms with van der Waals surface area (Å²) in [5, 5.41) is 2.46. The molecule has 6 aromatic rings. The third-order valence-electron chi connectivity index (χ3n) is 5.82. The minimum atomic E-state index is 0.844. The first kappa shape index (κ1) is 18.2. The molecule has 6 rings (SSSR count). The number of hydrogen-bond acceptors (Lipinski definition) is 1. The van der Waals surface area contributed by atoms with Gasteiger partial charge in [0.15, 0.2) is 5.69 Å². The number of imidazole rings is 1. The molecule has 0 radical (unpaired) electrons. The topological polar surface area (TPSA) is 34.0 Å². The highest BCUT2D eigenvalue weighted by Gasteiger charge is 2.25. The maximum absolute atomic E-state index is 5.36. The number of pyridine rings is 1. The summed E-state index contributed by atoms with van der Waals surface area (Å²) >= 11 is 3.57. The van der Waals surface area contributed by atoms with Gasteiger partial charge >= 0.3 is 0 Å². The second-order valence-corrected chi connectivity index (χ2v) is 8.49. The van der Waals surface area contributed by atoms with Crippen molar-refractivity contribution in [3.8, 4) is 22.7 Å². The maximum Gasteiger partial charge on any atom is 0.254 e. The van der Waals surface area contributed by atoms with Crippen molar-refractivity contribution < 1.29 is 9.14 Å². The highest BCUT2D eigenvalue weighted by atomic mass is 79.9. The first-order valence-corrected chi connectivity index (χ1v) is 10.9. The summed E-state index contributed by atoms with van der Waals surface area (Å²) in [6.07, 6.45) is 4.28. The van der Waals surface area contributed by atoms with Crippen molar-refractivity contribution in [2.24, 2.45) is 0 Å². The Morgan fingerprint density at radius 1 is 0.871 bits per heavy atom. The van der Waals surface area contributed by atoms with Crippen LogP contribution in [0.5, 0.6) is 5.75 Å². The number of rotatable bonds is 3. The molecule has 3 heterocycles. The molecule has 150 valence electrons. The first-order valence-electron chi connectivity index (χ1n) is 10.1. The SMILES string of the molecule is COc1ccc(-n2c[n+]3ccc4c5ccccc5[nH]c4c3c2-c2ccc(Br)cc2)cc1. The summed E-state index contributed by atoms with van der Waals surface area (Å²) in [7, 11) is 1.69. The van der Waals surface area contributed by atoms with Gasteiger partial charge in [-0.1, -0.05) is 34.1 Å². The largest absolute Gasteiger partial charge is 0.497 e. The molecule has 0 spiro atoms. The molecule has 0 aliphatic rings. The molecule has 0 atom stereocenters. The van der Waals surface area contributed by atoms with Crippen LogP contribution in [0.2, 0.25) is 0 Å². The highest BCUT2D eigenvalue weighted by Crippen LogP contribution is 2.34. The standard InChI is InChI=1S/C26H19BrN3O/c1-31-20-12-10-19(11-13-20)30-16-29-15-14-22-21-4-2-3-5-23(21)28-24(22)26(29)25(30)17-6-8-18(27)9-7-17/h2-16,28H,1H3/q+1. The van der Waals surface area contributed by atoms with Gasteiger partial charge in [0, 0.05) is 26.3 Å². The van der Waals surface area contributed by atoms with Gasteiger partial charge in [0.05, 0.1) is 18.8 Å². The fourth-order valence-corrected chi connectivity index (χ4v) is 4.60. The van der Waals surface area contributed by atoms with E-state index in [-0.39, 0.29) is 0 Å². The molecule has 3 aromatic heterocycles. The Hall–Kier alpha value is -3.57. The number of halogens is 1. The molecule has 0 bridgehead atoms. The van der Waals surface area contributed by atoms with E-state index in [4.69, 9.17) is 4.74 Å². The third-order valence-corrected chi connectivity index (χ3v) is 6.35. The quantitative estimate of drug-likeness (QED) is 0.304. The molecule has 1 N–H and O–H groups in total. The Labute approximate surface area is 187 Å². The van der Waals surface area contributed by atoms with Crippen molar-refractivity contribution in [3.05, 3.63) is 95.9 Å². The molecule has 0 saturated heterocycles. The van der Waals surface area contributed by atoms with Gasteiger partial charge in [-0.2, -0.15) is 8.97 Å². The number of aromatic nitrogens is 3. The second kappa shape index (κ2) is 7.00. The van der Waals surface area contributed by atoms with E-state index in [0.717, 1.165) is 43.7 Å². The van der Waals surface area contributed by atoms with Gasteiger partial charge < -0.3 is 9.72 Å². The predicted octanol–water partition coefficient (Wildman–Crippen LogP) is 6.29. The molecule has 0 unspecified atom stereocenters. The maximum atomic E-state index is 5.36. The lowest BCUT2D eigenvalue weighted by Gasteiger charge is -2.04. The van der Waals surface area contributed by atoms with E-state index in [1.54, 1.807) is 7.11 Å². The number of hydrogen-bond donors (Lipinski definition) is 1. The number of methoxy groups -OCH3 is 1. The highest BCUT2D eigenvalue weighted by molar-refractivity contribution is 9.10. The van der Waals surface area contributed by atoms with Gasteiger partial charge in [0.2, 0.25) is 5.52 Å². The van der Waals surface area contributed by atoms with Crippen LogP contribution in [0.1, 0.15) is 0 Å². The summed E-state index contributed by atoms with van der Waals surface area (Å²) in [6.45, 7) is 0. The van der Waals surface area contributed by atoms with E-state index in [9.17, 15) is 0 Å². The number of ether oxygens (including phenoxy) is 1. The number of H-pyrrole nitrogens is 1. The number of benzene rings is 3. The summed E-state index contributed by atoms with van der Waals surface area (Å²) in [6, 6.07) is 27.3. The fourth-order valence-electron chi connectivity index (χ4n) is 4.34. The molecule has 0 fully saturated rings. The number of fused-ring (bicyclic) bond motifs is 5. The van der Waals surface area contributed by atoms with Gasteiger partial charge in [0.1, 0.15) is 11.4 Å². The molecule has 31 heavy (non-hydrogen) atoms. The molecule has 0 saturated carbocycles. The van der Waals surface area contributed by atoms with Crippen LogP contribution in [0.4, 0.5) is 0 Å². The molecular formula is C26H19BrN3O+. The molecule has 5 heteroatoms. The van der Waals surface area contributed by atoms with E-state index in [1.165, 1.54) is 10.8 Å². The first-order chi connectivity index (χ1) is 15.2. The summed E-state index contributed by atoms with van der Waals surface area (Å²) in [5.74, 6) is 0.844. The average Bonchev–Trinajstić information content (AvgIpc) is 3.38. The van der Waals surface area contributed by atoms with Crippen LogP contribution in [0.25, 0.3) is 44.3 Å². The monoisotopic (exact) mass is 468 g/mol. The van der Waals surface area contributed by atoms with Crippen molar-refractivity contribution >= 4 is 43.3 Å². The number of nitrogens with one attached hydrogen (secondary N) is 1. The van der Waals surface area contributed by atoms with Crippen LogP contribution in [-0.2, 0) is 0 Å². The molecule has 0 aliphatic carbocycles. The average molecular weight is 469 g/mol. The van der Waals surface area contributed by atoms with E-state index in [2.05, 4.69) is 109 Å². The van der Waals surface area contributed by atoms with E-state index < -0.39 is 0 Å². The molecule has 4 nitrogen and oxygen atoms in total.